The van der Waals surface area contributed by atoms with Gasteiger partial charge in [-0.15, -0.1) is 0 Å². The second-order valence-electron chi connectivity index (χ2n) is 5.80. The SMILES string of the molecule is C1=C(c2nc(-c3ccccc3)nc(N3CCOCC3)n2)CCOC1. The van der Waals surface area contributed by atoms with E-state index < -0.39 is 0 Å². The van der Waals surface area contributed by atoms with Crippen LogP contribution in [0.25, 0.3) is 17.0 Å². The first-order valence-electron chi connectivity index (χ1n) is 8.31. The minimum atomic E-state index is 0.620. The molecule has 0 radical (unpaired) electrons. The molecule has 6 heteroatoms. The molecule has 0 unspecified atom stereocenters. The summed E-state index contributed by atoms with van der Waals surface area (Å²) in [5, 5.41) is 0. The van der Waals surface area contributed by atoms with Gasteiger partial charge in [0.15, 0.2) is 11.6 Å². The van der Waals surface area contributed by atoms with E-state index in [1.165, 1.54) is 0 Å². The summed E-state index contributed by atoms with van der Waals surface area (Å²) in [4.78, 5) is 16.3. The lowest BCUT2D eigenvalue weighted by Gasteiger charge is -2.27. The fourth-order valence-corrected chi connectivity index (χ4v) is 2.86. The van der Waals surface area contributed by atoms with E-state index >= 15 is 0 Å². The number of hydrogen-bond acceptors (Lipinski definition) is 6. The highest BCUT2D eigenvalue weighted by molar-refractivity contribution is 5.65. The Bertz CT molecular complexity index is 727. The molecule has 1 saturated heterocycles. The van der Waals surface area contributed by atoms with Crippen molar-refractivity contribution in [3.63, 3.8) is 0 Å². The third-order valence-corrected chi connectivity index (χ3v) is 4.20. The van der Waals surface area contributed by atoms with Crippen LogP contribution in [0.1, 0.15) is 12.2 Å². The van der Waals surface area contributed by atoms with E-state index in [9.17, 15) is 0 Å². The molecule has 0 atom stereocenters. The topological polar surface area (TPSA) is 60.4 Å². The normalized spacial score (nSPS) is 18.3. The molecule has 2 aliphatic heterocycles. The summed E-state index contributed by atoms with van der Waals surface area (Å²) in [6.45, 7) is 4.36. The first-order chi connectivity index (χ1) is 11.9. The lowest BCUT2D eigenvalue weighted by molar-refractivity contribution is 0.122. The zero-order chi connectivity index (χ0) is 16.2. The monoisotopic (exact) mass is 324 g/mol. The summed E-state index contributed by atoms with van der Waals surface area (Å²) in [5.41, 5.74) is 2.14. The number of ether oxygens (including phenoxy) is 2. The Morgan fingerprint density at radius 1 is 0.833 bits per heavy atom. The van der Waals surface area contributed by atoms with E-state index in [-0.39, 0.29) is 0 Å². The van der Waals surface area contributed by atoms with Gasteiger partial charge in [0, 0.05) is 18.7 Å². The van der Waals surface area contributed by atoms with E-state index in [2.05, 4.69) is 11.0 Å². The van der Waals surface area contributed by atoms with Crippen molar-refractivity contribution in [2.75, 3.05) is 44.4 Å². The van der Waals surface area contributed by atoms with Crippen LogP contribution >= 0.6 is 0 Å². The fraction of sp³-hybridized carbons (Fsp3) is 0.389. The lowest BCUT2D eigenvalue weighted by atomic mass is 10.1. The van der Waals surface area contributed by atoms with Gasteiger partial charge in [-0.2, -0.15) is 9.97 Å². The largest absolute Gasteiger partial charge is 0.378 e. The fourth-order valence-electron chi connectivity index (χ4n) is 2.86. The Morgan fingerprint density at radius 3 is 2.38 bits per heavy atom. The van der Waals surface area contributed by atoms with Crippen LogP contribution in [0.5, 0.6) is 0 Å². The lowest BCUT2D eigenvalue weighted by Crippen LogP contribution is -2.37. The van der Waals surface area contributed by atoms with Gasteiger partial charge >= 0.3 is 0 Å². The number of benzene rings is 1. The average molecular weight is 324 g/mol. The molecule has 6 nitrogen and oxygen atoms in total. The molecule has 4 rings (SSSR count). The molecule has 124 valence electrons. The maximum atomic E-state index is 5.44. The molecule has 1 aromatic carbocycles. The van der Waals surface area contributed by atoms with Crippen molar-refractivity contribution in [3.8, 4) is 11.4 Å². The molecule has 3 heterocycles. The second-order valence-corrected chi connectivity index (χ2v) is 5.80. The molecule has 0 spiro atoms. The van der Waals surface area contributed by atoms with Gasteiger partial charge < -0.3 is 14.4 Å². The second kappa shape index (κ2) is 7.07. The average Bonchev–Trinajstić information content (AvgIpc) is 2.70. The Morgan fingerprint density at radius 2 is 1.62 bits per heavy atom. The van der Waals surface area contributed by atoms with Crippen LogP contribution in [0, 0.1) is 0 Å². The first kappa shape index (κ1) is 15.2. The minimum Gasteiger partial charge on any atom is -0.378 e. The Hall–Kier alpha value is -2.31. The maximum Gasteiger partial charge on any atom is 0.229 e. The van der Waals surface area contributed by atoms with Crippen LogP contribution in [0.4, 0.5) is 5.95 Å². The summed E-state index contributed by atoms with van der Waals surface area (Å²) < 4.78 is 10.9. The number of anilines is 1. The molecule has 1 fully saturated rings. The van der Waals surface area contributed by atoms with Gasteiger partial charge in [-0.1, -0.05) is 36.4 Å². The van der Waals surface area contributed by atoms with Gasteiger partial charge in [-0.05, 0) is 12.0 Å². The van der Waals surface area contributed by atoms with Gasteiger partial charge in [-0.3, -0.25) is 0 Å². The van der Waals surface area contributed by atoms with Crippen molar-refractivity contribution < 1.29 is 9.47 Å². The number of rotatable bonds is 3. The van der Waals surface area contributed by atoms with Crippen LogP contribution in [-0.2, 0) is 9.47 Å². The van der Waals surface area contributed by atoms with Crippen molar-refractivity contribution in [3.05, 3.63) is 42.2 Å². The maximum absolute atomic E-state index is 5.44. The predicted octanol–water partition coefficient (Wildman–Crippen LogP) is 2.18. The smallest absolute Gasteiger partial charge is 0.229 e. The van der Waals surface area contributed by atoms with E-state index in [0.29, 0.717) is 26.4 Å². The van der Waals surface area contributed by atoms with Crippen molar-refractivity contribution in [1.29, 1.82) is 0 Å². The van der Waals surface area contributed by atoms with E-state index in [1.54, 1.807) is 0 Å². The highest BCUT2D eigenvalue weighted by Gasteiger charge is 2.19. The molecule has 2 aromatic rings. The van der Waals surface area contributed by atoms with Crippen molar-refractivity contribution >= 4 is 11.5 Å². The molecular formula is C18H20N4O2. The molecule has 0 aliphatic carbocycles. The van der Waals surface area contributed by atoms with E-state index in [4.69, 9.17) is 24.4 Å². The minimum absolute atomic E-state index is 0.620. The van der Waals surface area contributed by atoms with Gasteiger partial charge in [0.2, 0.25) is 5.95 Å². The summed E-state index contributed by atoms with van der Waals surface area (Å²) in [5.74, 6) is 2.21. The summed E-state index contributed by atoms with van der Waals surface area (Å²) in [6, 6.07) is 10.1. The van der Waals surface area contributed by atoms with Crippen molar-refractivity contribution in [2.24, 2.45) is 0 Å². The molecule has 2 aliphatic rings. The van der Waals surface area contributed by atoms with Crippen LogP contribution < -0.4 is 4.90 Å². The predicted molar refractivity (Wildman–Crippen MR) is 91.7 cm³/mol. The Labute approximate surface area is 141 Å². The number of morpholine rings is 1. The third kappa shape index (κ3) is 3.29. The highest BCUT2D eigenvalue weighted by Crippen LogP contribution is 2.24. The van der Waals surface area contributed by atoms with E-state index in [0.717, 1.165) is 48.2 Å². The van der Waals surface area contributed by atoms with E-state index in [1.807, 2.05) is 30.3 Å². The summed E-state index contributed by atoms with van der Waals surface area (Å²) in [6.07, 6.45) is 2.90. The van der Waals surface area contributed by atoms with Crippen molar-refractivity contribution in [1.82, 2.24) is 15.0 Å². The molecule has 0 bridgehead atoms. The zero-order valence-electron chi connectivity index (χ0n) is 13.5. The highest BCUT2D eigenvalue weighted by atomic mass is 16.5. The molecule has 0 N–H and O–H groups in total. The number of hydrogen-bond donors (Lipinski definition) is 0. The van der Waals surface area contributed by atoms with Crippen LogP contribution in [0.2, 0.25) is 0 Å². The first-order valence-corrected chi connectivity index (χ1v) is 8.31. The summed E-state index contributed by atoms with van der Waals surface area (Å²) >= 11 is 0. The number of aromatic nitrogens is 3. The van der Waals surface area contributed by atoms with Crippen LogP contribution in [0.15, 0.2) is 36.4 Å². The van der Waals surface area contributed by atoms with Gasteiger partial charge in [0.25, 0.3) is 0 Å². The standard InChI is InChI=1S/C18H20N4O2/c1-2-4-14(5-3-1)16-19-17(15-6-10-23-11-7-15)21-18(20-16)22-8-12-24-13-9-22/h1-6H,7-13H2. The quantitative estimate of drug-likeness (QED) is 0.862. The number of nitrogens with zero attached hydrogens (tertiary/aromatic N) is 4. The molecule has 24 heavy (non-hydrogen) atoms. The van der Waals surface area contributed by atoms with Gasteiger partial charge in [0.05, 0.1) is 26.4 Å². The molecule has 1 aromatic heterocycles. The molecule has 0 saturated carbocycles. The molecule has 0 amide bonds. The van der Waals surface area contributed by atoms with Gasteiger partial charge in [-0.25, -0.2) is 4.98 Å². The van der Waals surface area contributed by atoms with Crippen molar-refractivity contribution in [2.45, 2.75) is 6.42 Å². The van der Waals surface area contributed by atoms with Crippen LogP contribution in [-0.4, -0.2) is 54.5 Å². The summed E-state index contributed by atoms with van der Waals surface area (Å²) in [7, 11) is 0. The zero-order valence-corrected chi connectivity index (χ0v) is 13.5. The molecular weight excluding hydrogens is 304 g/mol. The Balaban J connectivity index is 1.76. The third-order valence-electron chi connectivity index (χ3n) is 4.20. The Kier molecular flexibility index (Phi) is 4.49. The van der Waals surface area contributed by atoms with Gasteiger partial charge in [0.1, 0.15) is 0 Å². The van der Waals surface area contributed by atoms with Crippen LogP contribution in [0.3, 0.4) is 0 Å².